The largest absolute Gasteiger partial charge is 0.481 e. The lowest BCUT2D eigenvalue weighted by Crippen LogP contribution is -2.20. The van der Waals surface area contributed by atoms with Gasteiger partial charge in [-0.25, -0.2) is 9.59 Å². The Morgan fingerprint density at radius 2 is 0.673 bits per heavy atom. The van der Waals surface area contributed by atoms with Crippen molar-refractivity contribution in [2.45, 2.75) is 73.0 Å². The summed E-state index contributed by atoms with van der Waals surface area (Å²) in [7, 11) is 0. The van der Waals surface area contributed by atoms with E-state index in [1.165, 1.54) is 66.8 Å². The van der Waals surface area contributed by atoms with Crippen LogP contribution >= 0.6 is 0 Å². The molecule has 0 amide bonds. The zero-order valence-corrected chi connectivity index (χ0v) is 28.3. The molecule has 8 aliphatic rings. The van der Waals surface area contributed by atoms with Gasteiger partial charge in [0.05, 0.1) is 0 Å². The van der Waals surface area contributed by atoms with Crippen LogP contribution in [0.3, 0.4) is 0 Å². The third-order valence-corrected chi connectivity index (χ3v) is 14.6. The fourth-order valence-electron chi connectivity index (χ4n) is 13.0. The first kappa shape index (κ1) is 28.3. The Morgan fingerprint density at radius 3 is 0.942 bits per heavy atom. The smallest absolute Gasteiger partial charge is 0.341 e. The summed E-state index contributed by atoms with van der Waals surface area (Å²) in [5.74, 6) is 1.25. The number of carboxylic acid groups (broad SMARTS) is 2. The maximum atomic E-state index is 12.1. The minimum atomic E-state index is -0.999. The van der Waals surface area contributed by atoms with Gasteiger partial charge in [-0.2, -0.15) is 0 Å². The molecule has 52 heavy (non-hydrogen) atoms. The van der Waals surface area contributed by atoms with Crippen molar-refractivity contribution in [2.24, 2.45) is 0 Å². The highest BCUT2D eigenvalue weighted by molar-refractivity contribution is 5.80. The predicted molar refractivity (Wildman–Crippen MR) is 192 cm³/mol. The van der Waals surface area contributed by atoms with Crippen LogP contribution in [-0.4, -0.2) is 35.4 Å². The summed E-state index contributed by atoms with van der Waals surface area (Å²) in [4.78, 5) is 24.2. The monoisotopic (exact) mass is 682 g/mol. The number of aliphatic carboxylic acids is 2. The molecule has 0 aromatic heterocycles. The van der Waals surface area contributed by atoms with E-state index in [1.54, 1.807) is 0 Å². The van der Waals surface area contributed by atoms with Gasteiger partial charge in [0.1, 0.15) is 11.5 Å². The van der Waals surface area contributed by atoms with Gasteiger partial charge in [-0.05, 0) is 92.4 Å². The van der Waals surface area contributed by atoms with Gasteiger partial charge < -0.3 is 19.7 Å². The zero-order valence-electron chi connectivity index (χ0n) is 28.3. The first-order chi connectivity index (χ1) is 25.4. The topological polar surface area (TPSA) is 93.1 Å². The number of ether oxygens (including phenoxy) is 2. The highest BCUT2D eigenvalue weighted by atomic mass is 16.5. The van der Waals surface area contributed by atoms with Crippen LogP contribution in [0.2, 0.25) is 0 Å². The third kappa shape index (κ3) is 3.21. The van der Waals surface area contributed by atoms with E-state index in [4.69, 9.17) is 9.47 Å². The molecule has 254 valence electrons. The average molecular weight is 683 g/mol. The molecule has 5 aromatic rings. The molecule has 13 rings (SSSR count). The van der Waals surface area contributed by atoms with Crippen molar-refractivity contribution < 1.29 is 29.3 Å². The first-order valence-electron chi connectivity index (χ1n) is 18.9. The number of benzene rings is 5. The summed E-state index contributed by atoms with van der Waals surface area (Å²) in [5, 5.41) is 19.9. The summed E-state index contributed by atoms with van der Waals surface area (Å²) < 4.78 is 12.9. The van der Waals surface area contributed by atoms with E-state index in [-0.39, 0.29) is 23.7 Å². The molecule has 0 unspecified atom stereocenters. The van der Waals surface area contributed by atoms with Crippen LogP contribution in [0.5, 0.6) is 11.5 Å². The van der Waals surface area contributed by atoms with E-state index in [9.17, 15) is 19.8 Å². The van der Waals surface area contributed by atoms with Crippen molar-refractivity contribution in [3.63, 3.8) is 0 Å². The van der Waals surface area contributed by atoms with Gasteiger partial charge in [0, 0.05) is 69.6 Å². The summed E-state index contributed by atoms with van der Waals surface area (Å²) in [5.41, 5.74) is 21.0. The number of hydrogen-bond acceptors (Lipinski definition) is 4. The molecule has 5 aromatic carbocycles. The lowest BCUT2D eigenvalue weighted by atomic mass is 9.74. The molecule has 0 aliphatic heterocycles. The van der Waals surface area contributed by atoms with E-state index in [2.05, 4.69) is 72.8 Å². The lowest BCUT2D eigenvalue weighted by Gasteiger charge is -2.33. The van der Waals surface area contributed by atoms with Gasteiger partial charge in [0.2, 0.25) is 0 Å². The van der Waals surface area contributed by atoms with Gasteiger partial charge in [-0.1, -0.05) is 72.8 Å². The second-order valence-electron chi connectivity index (χ2n) is 16.5. The molecule has 0 spiro atoms. The SMILES string of the molecule is O=C(O)COc1c2c(c(OCC(=O)O)c3c1[C@H]1C[C@H]3c3cc4c(cc31)[C@H]1C[C@@H]4c3ccccc31)[C@H]1C[C@@H]2c2cc3c(cc21)[C@H]1C[C@@H]3c2ccccc21. The van der Waals surface area contributed by atoms with E-state index >= 15 is 0 Å². The fourth-order valence-corrected chi connectivity index (χ4v) is 13.0. The number of fused-ring (bicyclic) bond motifs is 32. The molecule has 8 atom stereocenters. The van der Waals surface area contributed by atoms with Crippen LogP contribution in [-0.2, 0) is 9.59 Å². The Labute approximate surface area is 300 Å². The van der Waals surface area contributed by atoms with Gasteiger partial charge >= 0.3 is 11.9 Å². The van der Waals surface area contributed by atoms with Crippen molar-refractivity contribution >= 4 is 11.9 Å². The molecule has 0 saturated heterocycles. The molecule has 8 bridgehead atoms. The van der Waals surface area contributed by atoms with Crippen molar-refractivity contribution in [3.05, 3.63) is 162 Å². The number of carboxylic acids is 2. The van der Waals surface area contributed by atoms with E-state index < -0.39 is 25.2 Å². The third-order valence-electron chi connectivity index (χ3n) is 14.6. The summed E-state index contributed by atoms with van der Waals surface area (Å²) in [6.07, 6.45) is 3.96. The van der Waals surface area contributed by atoms with Crippen molar-refractivity contribution in [1.82, 2.24) is 0 Å². The second-order valence-corrected chi connectivity index (χ2v) is 16.5. The van der Waals surface area contributed by atoms with Gasteiger partial charge in [-0.15, -0.1) is 0 Å². The molecule has 0 fully saturated rings. The van der Waals surface area contributed by atoms with E-state index in [0.29, 0.717) is 35.2 Å². The molecular weight excluding hydrogens is 649 g/mol. The maximum absolute atomic E-state index is 12.1. The first-order valence-corrected chi connectivity index (χ1v) is 18.9. The number of hydrogen-bond donors (Lipinski definition) is 2. The van der Waals surface area contributed by atoms with Crippen molar-refractivity contribution in [1.29, 1.82) is 0 Å². The second kappa shape index (κ2) is 9.35. The lowest BCUT2D eigenvalue weighted by molar-refractivity contribution is -0.140. The maximum Gasteiger partial charge on any atom is 0.341 e. The van der Waals surface area contributed by atoms with Crippen LogP contribution in [0.1, 0.15) is 162 Å². The Bertz CT molecular complexity index is 2240. The van der Waals surface area contributed by atoms with Crippen LogP contribution in [0.15, 0.2) is 72.8 Å². The van der Waals surface area contributed by atoms with Crippen LogP contribution in [0.25, 0.3) is 0 Å². The van der Waals surface area contributed by atoms with Gasteiger partial charge in [0.25, 0.3) is 0 Å². The zero-order chi connectivity index (χ0) is 34.3. The van der Waals surface area contributed by atoms with Gasteiger partial charge in [0.15, 0.2) is 13.2 Å². The molecule has 2 N–H and O–H groups in total. The Morgan fingerprint density at radius 1 is 0.423 bits per heavy atom. The predicted octanol–water partition coefficient (Wildman–Crippen LogP) is 8.54. The highest BCUT2D eigenvalue weighted by Gasteiger charge is 2.55. The molecule has 6 heteroatoms. The highest BCUT2D eigenvalue weighted by Crippen LogP contribution is 2.71. The minimum absolute atomic E-state index is 0.0433. The van der Waals surface area contributed by atoms with Crippen molar-refractivity contribution in [3.8, 4) is 11.5 Å². The van der Waals surface area contributed by atoms with E-state index in [0.717, 1.165) is 47.9 Å². The quantitative estimate of drug-likeness (QED) is 0.187. The summed E-state index contributed by atoms with van der Waals surface area (Å²) >= 11 is 0. The summed E-state index contributed by atoms with van der Waals surface area (Å²) in [6, 6.07) is 27.6. The van der Waals surface area contributed by atoms with E-state index in [1.807, 2.05) is 0 Å². The number of carbonyl (C=O) groups is 2. The molecule has 6 nitrogen and oxygen atoms in total. The Balaban J connectivity index is 1.01. The fraction of sp³-hybridized carbons (Fsp3) is 0.304. The molecule has 0 heterocycles. The minimum Gasteiger partial charge on any atom is -0.481 e. The molecular formula is C46H34O6. The molecule has 0 radical (unpaired) electrons. The normalized spacial score (nSPS) is 28.2. The van der Waals surface area contributed by atoms with Crippen LogP contribution < -0.4 is 9.47 Å². The standard InChI is InChI=1S/C46H34O6/c47-39(48)17-51-45-41-35-15-36(32-12-28-24-9-23(27(28)11-31(32)35)19-5-1-2-6-20(19)24)42(41)46(52-18-40(49)50)44-38-16-37(43(44)45)33-13-29-25-10-26(30(29)14-34(33)38)22-8-4-3-7-21(22)25/h1-8,11-14,23-26,35-38H,9-10,15-18H2,(H,47,48)(H,49,50)/t23-,24+,25+,26-,35-,36-,37+,38-/m0/s1. The van der Waals surface area contributed by atoms with Crippen molar-refractivity contribution in [2.75, 3.05) is 13.2 Å². The average Bonchev–Trinajstić information content (AvgIpc) is 4.02. The summed E-state index contributed by atoms with van der Waals surface area (Å²) in [6.45, 7) is -0.837. The van der Waals surface area contributed by atoms with Crippen LogP contribution in [0, 0.1) is 0 Å². The molecule has 0 saturated carbocycles. The molecule has 8 aliphatic carbocycles. The number of rotatable bonds is 6. The Kier molecular flexibility index (Phi) is 5.08. The van der Waals surface area contributed by atoms with Crippen LogP contribution in [0.4, 0.5) is 0 Å². The van der Waals surface area contributed by atoms with Gasteiger partial charge in [-0.3, -0.25) is 0 Å². The Hall–Kier alpha value is -5.36.